The fourth-order valence-corrected chi connectivity index (χ4v) is 9.83. The van der Waals surface area contributed by atoms with Crippen molar-refractivity contribution in [2.75, 3.05) is 19.6 Å². The summed E-state index contributed by atoms with van der Waals surface area (Å²) in [5.74, 6) is 2.96. The standard InChI is InChI=1S/C44H61N7O4/c1-30(2)42-48-47-31(3)51(42)39-27-37-17-18-38(28-39)50(37)25-22-40(34-12-8-5-9-13-34)46-43(53)35-15-16-36(26-35)45-41(52)19-14-32-20-23-49(24-21-32)44(54)55-29-33-10-6-4-7-11-33/h4-13,30,32,35-40H,14-29H2,1-3H3,(H,45,52)(H,46,53)/t35-,36+,37?,38?,39?,40+/m1/s1. The zero-order chi connectivity index (χ0) is 38.3. The highest BCUT2D eigenvalue weighted by molar-refractivity contribution is 5.80. The number of aryl methyl sites for hydroxylation is 1. The summed E-state index contributed by atoms with van der Waals surface area (Å²) >= 11 is 0. The van der Waals surface area contributed by atoms with E-state index in [1.54, 1.807) is 4.90 Å². The summed E-state index contributed by atoms with van der Waals surface area (Å²) in [6, 6.07) is 21.6. The highest BCUT2D eigenvalue weighted by atomic mass is 16.6. The number of aromatic nitrogens is 3. The largest absolute Gasteiger partial charge is 0.445 e. The van der Waals surface area contributed by atoms with E-state index in [4.69, 9.17) is 4.74 Å². The van der Waals surface area contributed by atoms with Gasteiger partial charge in [0.25, 0.3) is 0 Å². The summed E-state index contributed by atoms with van der Waals surface area (Å²) in [6.45, 7) is 9.05. The number of carbonyl (C=O) groups excluding carboxylic acids is 3. The van der Waals surface area contributed by atoms with Gasteiger partial charge in [-0.15, -0.1) is 10.2 Å². The number of fused-ring (bicyclic) bond motifs is 2. The molecule has 2 aromatic carbocycles. The summed E-state index contributed by atoms with van der Waals surface area (Å²) in [6.07, 6.45) is 10.6. The molecule has 4 aliphatic rings. The molecule has 3 aliphatic heterocycles. The molecule has 5 atom stereocenters. The first-order chi connectivity index (χ1) is 26.7. The molecule has 1 aromatic heterocycles. The van der Waals surface area contributed by atoms with Gasteiger partial charge < -0.3 is 24.8 Å². The van der Waals surface area contributed by atoms with Crippen molar-refractivity contribution in [1.29, 1.82) is 0 Å². The Hall–Kier alpha value is -4.25. The van der Waals surface area contributed by atoms with E-state index in [2.05, 4.69) is 75.3 Å². The van der Waals surface area contributed by atoms with Crippen LogP contribution in [-0.2, 0) is 20.9 Å². The third kappa shape index (κ3) is 9.77. The van der Waals surface area contributed by atoms with Gasteiger partial charge in [-0.25, -0.2) is 4.79 Å². The Bertz CT molecular complexity index is 1710. The van der Waals surface area contributed by atoms with Gasteiger partial charge in [-0.2, -0.15) is 0 Å². The number of carbonyl (C=O) groups is 3. The lowest BCUT2D eigenvalue weighted by atomic mass is 9.92. The molecule has 11 nitrogen and oxygen atoms in total. The smallest absolute Gasteiger partial charge is 0.410 e. The third-order valence-electron chi connectivity index (χ3n) is 12.9. The second-order valence-corrected chi connectivity index (χ2v) is 16.9. The molecular weight excluding hydrogens is 691 g/mol. The maximum atomic E-state index is 13.8. The molecule has 11 heteroatoms. The van der Waals surface area contributed by atoms with Crippen LogP contribution in [0.3, 0.4) is 0 Å². The number of nitrogens with one attached hydrogen (secondary N) is 2. The summed E-state index contributed by atoms with van der Waals surface area (Å²) in [5.41, 5.74) is 2.13. The van der Waals surface area contributed by atoms with E-state index in [0.29, 0.717) is 55.9 Å². The second kappa shape index (κ2) is 18.1. The van der Waals surface area contributed by atoms with Crippen LogP contribution in [0.25, 0.3) is 0 Å². The number of ether oxygens (including phenoxy) is 1. The number of amides is 3. The molecule has 55 heavy (non-hydrogen) atoms. The normalized spacial score (nSPS) is 24.9. The summed E-state index contributed by atoms with van der Waals surface area (Å²) < 4.78 is 7.92. The van der Waals surface area contributed by atoms with Crippen LogP contribution in [-0.4, -0.2) is 80.2 Å². The van der Waals surface area contributed by atoms with Gasteiger partial charge in [-0.05, 0) is 94.6 Å². The Labute approximate surface area is 327 Å². The van der Waals surface area contributed by atoms with Gasteiger partial charge >= 0.3 is 6.09 Å². The van der Waals surface area contributed by atoms with E-state index in [9.17, 15) is 14.4 Å². The van der Waals surface area contributed by atoms with Crippen molar-refractivity contribution < 1.29 is 19.1 Å². The lowest BCUT2D eigenvalue weighted by molar-refractivity contribution is -0.126. The van der Waals surface area contributed by atoms with Gasteiger partial charge in [0.1, 0.15) is 18.3 Å². The van der Waals surface area contributed by atoms with Gasteiger partial charge in [0.05, 0.1) is 6.04 Å². The predicted octanol–water partition coefficient (Wildman–Crippen LogP) is 7.24. The second-order valence-electron chi connectivity index (χ2n) is 16.9. The highest BCUT2D eigenvalue weighted by Gasteiger charge is 2.42. The number of benzene rings is 2. The molecule has 3 saturated heterocycles. The molecule has 2 N–H and O–H groups in total. The average Bonchev–Trinajstić information content (AvgIpc) is 3.90. The van der Waals surface area contributed by atoms with Crippen molar-refractivity contribution in [2.24, 2.45) is 11.8 Å². The monoisotopic (exact) mass is 751 g/mol. The number of likely N-dealkylation sites (tertiary alicyclic amines) is 1. The molecule has 1 saturated carbocycles. The Morgan fingerprint density at radius 3 is 2.22 bits per heavy atom. The van der Waals surface area contributed by atoms with Gasteiger partial charge in [-0.1, -0.05) is 74.5 Å². The molecule has 3 aromatic rings. The first-order valence-corrected chi connectivity index (χ1v) is 21.0. The number of piperidine rings is 2. The lowest BCUT2D eigenvalue weighted by Gasteiger charge is -2.40. The van der Waals surface area contributed by atoms with E-state index in [1.807, 2.05) is 36.4 Å². The van der Waals surface area contributed by atoms with Crippen LogP contribution in [0.2, 0.25) is 0 Å². The zero-order valence-electron chi connectivity index (χ0n) is 33.1. The Morgan fingerprint density at radius 2 is 1.53 bits per heavy atom. The molecule has 296 valence electrons. The molecular formula is C44H61N7O4. The Balaban J connectivity index is 0.842. The highest BCUT2D eigenvalue weighted by Crippen LogP contribution is 2.42. The fraction of sp³-hybridized carbons (Fsp3) is 0.614. The van der Waals surface area contributed by atoms with Crippen LogP contribution in [0.1, 0.15) is 132 Å². The topological polar surface area (TPSA) is 122 Å². The third-order valence-corrected chi connectivity index (χ3v) is 12.9. The maximum absolute atomic E-state index is 13.8. The molecule has 1 aliphatic carbocycles. The number of nitrogens with zero attached hydrogens (tertiary/aromatic N) is 5. The van der Waals surface area contributed by atoms with Crippen LogP contribution in [0.4, 0.5) is 4.79 Å². The quantitative estimate of drug-likeness (QED) is 0.178. The van der Waals surface area contributed by atoms with E-state index < -0.39 is 0 Å². The van der Waals surface area contributed by atoms with Crippen LogP contribution < -0.4 is 10.6 Å². The summed E-state index contributed by atoms with van der Waals surface area (Å²) in [7, 11) is 0. The molecule has 7 rings (SSSR count). The van der Waals surface area contributed by atoms with Crippen molar-refractivity contribution in [3.8, 4) is 0 Å². The molecule has 4 heterocycles. The van der Waals surface area contributed by atoms with Crippen molar-refractivity contribution in [3.63, 3.8) is 0 Å². The zero-order valence-corrected chi connectivity index (χ0v) is 33.1. The molecule has 2 bridgehead atoms. The van der Waals surface area contributed by atoms with Crippen molar-refractivity contribution >= 4 is 17.9 Å². The van der Waals surface area contributed by atoms with Gasteiger partial charge in [-0.3, -0.25) is 14.5 Å². The Kier molecular flexibility index (Phi) is 12.9. The number of rotatable bonds is 14. The van der Waals surface area contributed by atoms with Crippen molar-refractivity contribution in [1.82, 2.24) is 35.2 Å². The molecule has 0 radical (unpaired) electrons. The van der Waals surface area contributed by atoms with E-state index in [0.717, 1.165) is 80.7 Å². The minimum Gasteiger partial charge on any atom is -0.445 e. The predicted molar refractivity (Wildman–Crippen MR) is 212 cm³/mol. The Morgan fingerprint density at radius 1 is 0.836 bits per heavy atom. The van der Waals surface area contributed by atoms with Crippen molar-refractivity contribution in [3.05, 3.63) is 83.4 Å². The minimum absolute atomic E-state index is 0.0297. The first kappa shape index (κ1) is 39.0. The first-order valence-electron chi connectivity index (χ1n) is 21.0. The van der Waals surface area contributed by atoms with Crippen LogP contribution in [0.5, 0.6) is 0 Å². The van der Waals surface area contributed by atoms with E-state index >= 15 is 0 Å². The van der Waals surface area contributed by atoms with Crippen LogP contribution >= 0.6 is 0 Å². The van der Waals surface area contributed by atoms with Crippen LogP contribution in [0.15, 0.2) is 60.7 Å². The number of hydrogen-bond acceptors (Lipinski definition) is 7. The lowest BCUT2D eigenvalue weighted by Crippen LogP contribution is -2.45. The van der Waals surface area contributed by atoms with E-state index in [1.165, 1.54) is 12.8 Å². The number of hydrogen-bond donors (Lipinski definition) is 2. The molecule has 4 fully saturated rings. The fourth-order valence-electron chi connectivity index (χ4n) is 9.83. The van der Waals surface area contributed by atoms with Gasteiger partial charge in [0.15, 0.2) is 0 Å². The van der Waals surface area contributed by atoms with Gasteiger partial charge in [0, 0.05) is 62.1 Å². The average molecular weight is 752 g/mol. The van der Waals surface area contributed by atoms with Crippen LogP contribution in [0, 0.1) is 18.8 Å². The SMILES string of the molecule is Cc1nnc(C(C)C)n1C1CC2CCC(C1)N2CC[C@H](NC(=O)[C@@H]1CC[C@H](NC(=O)CCC2CCN(C(=O)OCc3ccccc3)CC2)C1)c1ccccc1. The maximum Gasteiger partial charge on any atom is 0.410 e. The minimum atomic E-state index is -0.266. The van der Waals surface area contributed by atoms with Gasteiger partial charge in [0.2, 0.25) is 11.8 Å². The molecule has 3 amide bonds. The summed E-state index contributed by atoms with van der Waals surface area (Å²) in [5, 5.41) is 15.7. The summed E-state index contributed by atoms with van der Waals surface area (Å²) in [4.78, 5) is 43.8. The van der Waals surface area contributed by atoms with E-state index in [-0.39, 0.29) is 42.5 Å². The molecule has 2 unspecified atom stereocenters. The molecule has 0 spiro atoms. The van der Waals surface area contributed by atoms with Crippen molar-refractivity contribution in [2.45, 2.75) is 141 Å².